The lowest BCUT2D eigenvalue weighted by Crippen LogP contribution is -2.34. The van der Waals surface area contributed by atoms with E-state index < -0.39 is 6.10 Å². The summed E-state index contributed by atoms with van der Waals surface area (Å²) in [5, 5.41) is 13.5. The second kappa shape index (κ2) is 6.91. The van der Waals surface area contributed by atoms with Crippen LogP contribution < -0.4 is 5.32 Å². The number of hydrogen-bond acceptors (Lipinski definition) is 2. The number of aliphatic hydroxyl groups is 1. The van der Waals surface area contributed by atoms with Crippen LogP contribution in [0.15, 0.2) is 24.3 Å². The molecule has 102 valence electrons. The average Bonchev–Trinajstić information content (AvgIpc) is 2.35. The molecule has 0 fully saturated rings. The fourth-order valence-electron chi connectivity index (χ4n) is 1.75. The van der Waals surface area contributed by atoms with Gasteiger partial charge in [-0.15, -0.1) is 0 Å². The van der Waals surface area contributed by atoms with Crippen molar-refractivity contribution in [1.82, 2.24) is 5.32 Å². The molecule has 1 aromatic carbocycles. The van der Waals surface area contributed by atoms with Gasteiger partial charge in [0.1, 0.15) is 0 Å². The third-order valence-electron chi connectivity index (χ3n) is 3.62. The van der Waals surface area contributed by atoms with Crippen LogP contribution in [-0.2, 0) is 0 Å². The van der Waals surface area contributed by atoms with Crippen molar-refractivity contribution in [2.75, 3.05) is 6.54 Å². The van der Waals surface area contributed by atoms with E-state index in [0.717, 1.165) is 5.56 Å². The molecule has 0 spiro atoms. The Hall–Kier alpha value is -0.860. The Morgan fingerprint density at radius 3 is 1.89 bits per heavy atom. The van der Waals surface area contributed by atoms with Crippen molar-refractivity contribution in [1.29, 1.82) is 0 Å². The molecular weight excluding hydrogens is 222 g/mol. The van der Waals surface area contributed by atoms with E-state index >= 15 is 0 Å². The minimum absolute atomic E-state index is 0.424. The van der Waals surface area contributed by atoms with Gasteiger partial charge < -0.3 is 10.4 Å². The molecule has 0 bridgehead atoms. The maximum Gasteiger partial charge on any atom is 0.0914 e. The van der Waals surface area contributed by atoms with E-state index in [0.29, 0.717) is 24.4 Å². The van der Waals surface area contributed by atoms with Crippen LogP contribution in [0.3, 0.4) is 0 Å². The van der Waals surface area contributed by atoms with Crippen molar-refractivity contribution >= 4 is 0 Å². The van der Waals surface area contributed by atoms with Crippen molar-refractivity contribution in [3.63, 3.8) is 0 Å². The molecule has 2 nitrogen and oxygen atoms in total. The van der Waals surface area contributed by atoms with Crippen molar-refractivity contribution in [2.45, 2.75) is 52.7 Å². The summed E-state index contributed by atoms with van der Waals surface area (Å²) in [5.41, 5.74) is 2.30. The van der Waals surface area contributed by atoms with Crippen LogP contribution in [0.25, 0.3) is 0 Å². The zero-order valence-electron chi connectivity index (χ0n) is 12.3. The zero-order chi connectivity index (χ0) is 13.7. The number of benzene rings is 1. The van der Waals surface area contributed by atoms with Gasteiger partial charge in [-0.2, -0.15) is 0 Å². The summed E-state index contributed by atoms with van der Waals surface area (Å²) in [4.78, 5) is 0. The van der Waals surface area contributed by atoms with Crippen molar-refractivity contribution in [3.05, 3.63) is 35.4 Å². The summed E-state index contributed by atoms with van der Waals surface area (Å²) >= 11 is 0. The molecule has 2 unspecified atom stereocenters. The molecule has 0 aliphatic carbocycles. The van der Waals surface area contributed by atoms with Gasteiger partial charge in [-0.1, -0.05) is 52.0 Å². The molecule has 2 N–H and O–H groups in total. The van der Waals surface area contributed by atoms with Crippen LogP contribution in [0.2, 0.25) is 0 Å². The largest absolute Gasteiger partial charge is 0.387 e. The Morgan fingerprint density at radius 1 is 0.944 bits per heavy atom. The van der Waals surface area contributed by atoms with Gasteiger partial charge in [0, 0.05) is 12.6 Å². The minimum Gasteiger partial charge on any atom is -0.387 e. The van der Waals surface area contributed by atoms with Gasteiger partial charge >= 0.3 is 0 Å². The smallest absolute Gasteiger partial charge is 0.0914 e. The topological polar surface area (TPSA) is 32.3 Å². The lowest BCUT2D eigenvalue weighted by atomic mass is 9.99. The summed E-state index contributed by atoms with van der Waals surface area (Å²) in [5.74, 6) is 1.12. The highest BCUT2D eigenvalue weighted by Gasteiger charge is 2.11. The van der Waals surface area contributed by atoms with E-state index in [9.17, 15) is 5.11 Å². The van der Waals surface area contributed by atoms with Crippen molar-refractivity contribution in [2.24, 2.45) is 5.92 Å². The van der Waals surface area contributed by atoms with Crippen LogP contribution in [0.4, 0.5) is 0 Å². The Balaban J connectivity index is 2.54. The first kappa shape index (κ1) is 15.2. The SMILES string of the molecule is CC(C)c1ccc(C(O)CNC(C)C(C)C)cc1. The summed E-state index contributed by atoms with van der Waals surface area (Å²) < 4.78 is 0. The second-order valence-corrected chi connectivity index (χ2v) is 5.78. The Morgan fingerprint density at radius 2 is 1.44 bits per heavy atom. The molecule has 0 saturated carbocycles. The minimum atomic E-state index is -0.424. The summed E-state index contributed by atoms with van der Waals surface area (Å²) in [6.07, 6.45) is -0.424. The molecule has 1 rings (SSSR count). The highest BCUT2D eigenvalue weighted by Crippen LogP contribution is 2.18. The first-order valence-corrected chi connectivity index (χ1v) is 6.93. The molecule has 0 aliphatic heterocycles. The van der Waals surface area contributed by atoms with Crippen LogP contribution in [0.5, 0.6) is 0 Å². The summed E-state index contributed by atoms with van der Waals surface area (Å²) in [7, 11) is 0. The van der Waals surface area contributed by atoms with E-state index in [1.54, 1.807) is 0 Å². The van der Waals surface area contributed by atoms with E-state index in [2.05, 4.69) is 52.1 Å². The predicted octanol–water partition coefficient (Wildman–Crippen LogP) is 3.48. The lowest BCUT2D eigenvalue weighted by molar-refractivity contribution is 0.167. The maximum atomic E-state index is 10.1. The van der Waals surface area contributed by atoms with Gasteiger partial charge in [-0.05, 0) is 29.9 Å². The standard InChI is InChI=1S/C16H27NO/c1-11(2)13(5)17-10-16(18)15-8-6-14(7-9-15)12(3)4/h6-9,11-13,16-18H,10H2,1-5H3. The van der Waals surface area contributed by atoms with Crippen LogP contribution >= 0.6 is 0 Å². The molecule has 2 heteroatoms. The van der Waals surface area contributed by atoms with Gasteiger partial charge in [-0.3, -0.25) is 0 Å². The maximum absolute atomic E-state index is 10.1. The number of nitrogens with one attached hydrogen (secondary N) is 1. The van der Waals surface area contributed by atoms with E-state index in [4.69, 9.17) is 0 Å². The molecule has 0 amide bonds. The Bertz CT molecular complexity index is 343. The molecule has 0 radical (unpaired) electrons. The Kier molecular flexibility index (Phi) is 5.83. The van der Waals surface area contributed by atoms with Gasteiger partial charge in [0.15, 0.2) is 0 Å². The summed E-state index contributed by atoms with van der Waals surface area (Å²) in [6, 6.07) is 8.70. The highest BCUT2D eigenvalue weighted by molar-refractivity contribution is 5.26. The normalized spacial score (nSPS) is 15.1. The molecule has 0 aromatic heterocycles. The monoisotopic (exact) mass is 249 g/mol. The van der Waals surface area contributed by atoms with Gasteiger partial charge in [0.2, 0.25) is 0 Å². The third-order valence-corrected chi connectivity index (χ3v) is 3.62. The fraction of sp³-hybridized carbons (Fsp3) is 0.625. The van der Waals surface area contributed by atoms with Crippen LogP contribution in [0, 0.1) is 5.92 Å². The molecule has 0 saturated heterocycles. The fourth-order valence-corrected chi connectivity index (χ4v) is 1.75. The predicted molar refractivity (Wildman–Crippen MR) is 77.8 cm³/mol. The first-order valence-electron chi connectivity index (χ1n) is 6.93. The highest BCUT2D eigenvalue weighted by atomic mass is 16.3. The molecule has 0 aliphatic rings. The van der Waals surface area contributed by atoms with Gasteiger partial charge in [0.05, 0.1) is 6.10 Å². The number of hydrogen-bond donors (Lipinski definition) is 2. The Labute approximate surface area is 111 Å². The molecule has 1 aromatic rings. The van der Waals surface area contributed by atoms with Crippen LogP contribution in [0.1, 0.15) is 57.8 Å². The van der Waals surface area contributed by atoms with E-state index in [-0.39, 0.29) is 0 Å². The number of rotatable bonds is 6. The van der Waals surface area contributed by atoms with Crippen molar-refractivity contribution < 1.29 is 5.11 Å². The number of aliphatic hydroxyl groups excluding tert-OH is 1. The zero-order valence-corrected chi connectivity index (χ0v) is 12.3. The lowest BCUT2D eigenvalue weighted by Gasteiger charge is -2.20. The van der Waals surface area contributed by atoms with Gasteiger partial charge in [0.25, 0.3) is 0 Å². The van der Waals surface area contributed by atoms with Gasteiger partial charge in [-0.25, -0.2) is 0 Å². The van der Waals surface area contributed by atoms with Crippen LogP contribution in [-0.4, -0.2) is 17.7 Å². The molecular formula is C16H27NO. The molecule has 2 atom stereocenters. The third kappa shape index (κ3) is 4.43. The second-order valence-electron chi connectivity index (χ2n) is 5.78. The van der Waals surface area contributed by atoms with Crippen molar-refractivity contribution in [3.8, 4) is 0 Å². The first-order chi connectivity index (χ1) is 8.41. The quantitative estimate of drug-likeness (QED) is 0.809. The molecule has 18 heavy (non-hydrogen) atoms. The van der Waals surface area contributed by atoms with E-state index in [1.165, 1.54) is 5.56 Å². The average molecular weight is 249 g/mol. The molecule has 0 heterocycles. The summed E-state index contributed by atoms with van der Waals surface area (Å²) in [6.45, 7) is 11.5. The van der Waals surface area contributed by atoms with E-state index in [1.807, 2.05) is 12.1 Å².